The maximum absolute atomic E-state index is 12.9. The number of benzene rings is 1. The molecule has 0 radical (unpaired) electrons. The Labute approximate surface area is 145 Å². The van der Waals surface area contributed by atoms with Gasteiger partial charge in [0.1, 0.15) is 6.04 Å². The Bertz CT molecular complexity index is 664. The highest BCUT2D eigenvalue weighted by Gasteiger charge is 2.33. The van der Waals surface area contributed by atoms with Crippen molar-refractivity contribution in [1.29, 1.82) is 0 Å². The van der Waals surface area contributed by atoms with Crippen molar-refractivity contribution in [3.05, 3.63) is 29.8 Å². The fourth-order valence-corrected chi connectivity index (χ4v) is 4.61. The van der Waals surface area contributed by atoms with Crippen molar-refractivity contribution in [2.24, 2.45) is 0 Å². The van der Waals surface area contributed by atoms with E-state index in [1.165, 1.54) is 10.7 Å². The minimum absolute atomic E-state index is 0.145. The number of carbonyl (C=O) groups excluding carboxylic acids is 1. The molecule has 0 saturated heterocycles. The summed E-state index contributed by atoms with van der Waals surface area (Å²) in [4.78, 5) is 14.6. The summed E-state index contributed by atoms with van der Waals surface area (Å²) in [7, 11) is -1.76. The molecule has 0 aliphatic heterocycles. The van der Waals surface area contributed by atoms with Crippen LogP contribution in [0.1, 0.15) is 44.6 Å². The lowest BCUT2D eigenvalue weighted by molar-refractivity contribution is -0.133. The SMILES string of the molecule is Cc1ccc(N(C(C)C(=O)N(C)C2CCCCC2)S(C)(=O)=O)cc1. The number of sulfonamides is 1. The lowest BCUT2D eigenvalue weighted by atomic mass is 9.94. The van der Waals surface area contributed by atoms with Gasteiger partial charge in [-0.1, -0.05) is 37.0 Å². The van der Waals surface area contributed by atoms with E-state index in [0.717, 1.165) is 37.5 Å². The third kappa shape index (κ3) is 4.29. The van der Waals surface area contributed by atoms with Crippen molar-refractivity contribution in [2.45, 2.75) is 58.0 Å². The van der Waals surface area contributed by atoms with Gasteiger partial charge in [-0.05, 0) is 38.8 Å². The molecule has 134 valence electrons. The number of hydrogen-bond acceptors (Lipinski definition) is 3. The lowest BCUT2D eigenvalue weighted by Gasteiger charge is -2.36. The molecule has 1 aliphatic rings. The lowest BCUT2D eigenvalue weighted by Crippen LogP contribution is -2.51. The van der Waals surface area contributed by atoms with Crippen molar-refractivity contribution in [3.8, 4) is 0 Å². The van der Waals surface area contributed by atoms with E-state index in [0.29, 0.717) is 5.69 Å². The molecular weight excluding hydrogens is 324 g/mol. The summed E-state index contributed by atoms with van der Waals surface area (Å²) in [5, 5.41) is 0. The monoisotopic (exact) mass is 352 g/mol. The van der Waals surface area contributed by atoms with Crippen molar-refractivity contribution in [2.75, 3.05) is 17.6 Å². The van der Waals surface area contributed by atoms with Crippen molar-refractivity contribution in [1.82, 2.24) is 4.90 Å². The van der Waals surface area contributed by atoms with Gasteiger partial charge in [0, 0.05) is 13.1 Å². The molecule has 1 aromatic rings. The van der Waals surface area contributed by atoms with E-state index in [2.05, 4.69) is 0 Å². The number of carbonyl (C=O) groups is 1. The zero-order valence-corrected chi connectivity index (χ0v) is 15.8. The first-order chi connectivity index (χ1) is 11.2. The molecule has 0 bridgehead atoms. The Morgan fingerprint density at radius 1 is 1.12 bits per heavy atom. The van der Waals surface area contributed by atoms with Crippen molar-refractivity contribution in [3.63, 3.8) is 0 Å². The molecule has 0 heterocycles. The van der Waals surface area contributed by atoms with Gasteiger partial charge in [0.05, 0.1) is 11.9 Å². The van der Waals surface area contributed by atoms with Crippen LogP contribution in [0.5, 0.6) is 0 Å². The highest BCUT2D eigenvalue weighted by atomic mass is 32.2. The quantitative estimate of drug-likeness (QED) is 0.819. The van der Waals surface area contributed by atoms with Gasteiger partial charge in [-0.2, -0.15) is 0 Å². The summed E-state index contributed by atoms with van der Waals surface area (Å²) in [5.41, 5.74) is 1.58. The first-order valence-corrected chi connectivity index (χ1v) is 10.4. The highest BCUT2D eigenvalue weighted by Crippen LogP contribution is 2.25. The van der Waals surface area contributed by atoms with Gasteiger partial charge in [-0.3, -0.25) is 9.10 Å². The van der Waals surface area contributed by atoms with Crippen LogP contribution in [0.25, 0.3) is 0 Å². The molecule has 0 spiro atoms. The summed E-state index contributed by atoms with van der Waals surface area (Å²) in [6.07, 6.45) is 6.62. The fraction of sp³-hybridized carbons (Fsp3) is 0.611. The van der Waals surface area contributed by atoms with Crippen LogP contribution in [-0.2, 0) is 14.8 Å². The van der Waals surface area contributed by atoms with Crippen LogP contribution in [0, 0.1) is 6.92 Å². The molecule has 1 aromatic carbocycles. The van der Waals surface area contributed by atoms with Crippen LogP contribution >= 0.6 is 0 Å². The second-order valence-corrected chi connectivity index (χ2v) is 8.67. The number of rotatable bonds is 5. The van der Waals surface area contributed by atoms with Gasteiger partial charge < -0.3 is 4.90 Å². The van der Waals surface area contributed by atoms with Crippen LogP contribution in [0.2, 0.25) is 0 Å². The normalized spacial score (nSPS) is 17.3. The van der Waals surface area contributed by atoms with Crippen LogP contribution in [0.15, 0.2) is 24.3 Å². The number of hydrogen-bond donors (Lipinski definition) is 0. The largest absolute Gasteiger partial charge is 0.341 e. The predicted octanol–water partition coefficient (Wildman–Crippen LogP) is 2.94. The molecule has 6 heteroatoms. The van der Waals surface area contributed by atoms with E-state index in [9.17, 15) is 13.2 Å². The Morgan fingerprint density at radius 2 is 1.67 bits per heavy atom. The zero-order chi connectivity index (χ0) is 17.9. The molecule has 1 atom stereocenters. The third-order valence-corrected chi connectivity index (χ3v) is 6.07. The van der Waals surface area contributed by atoms with Crippen molar-refractivity contribution >= 4 is 21.6 Å². The minimum atomic E-state index is -3.55. The second kappa shape index (κ2) is 7.55. The molecule has 0 aromatic heterocycles. The Morgan fingerprint density at radius 3 is 2.17 bits per heavy atom. The molecule has 1 saturated carbocycles. The first-order valence-electron chi connectivity index (χ1n) is 8.54. The third-order valence-electron chi connectivity index (χ3n) is 4.82. The van der Waals surface area contributed by atoms with Gasteiger partial charge >= 0.3 is 0 Å². The van der Waals surface area contributed by atoms with Gasteiger partial charge in [0.2, 0.25) is 15.9 Å². The van der Waals surface area contributed by atoms with Gasteiger partial charge in [0.25, 0.3) is 0 Å². The summed E-state index contributed by atoms with van der Waals surface area (Å²) in [6, 6.07) is 6.68. The highest BCUT2D eigenvalue weighted by molar-refractivity contribution is 7.92. The molecule has 1 aliphatic carbocycles. The number of nitrogens with zero attached hydrogens (tertiary/aromatic N) is 2. The second-order valence-electron chi connectivity index (χ2n) is 6.81. The Hall–Kier alpha value is -1.56. The Balaban J connectivity index is 2.25. The average molecular weight is 352 g/mol. The van der Waals surface area contributed by atoms with E-state index in [4.69, 9.17) is 0 Å². The smallest absolute Gasteiger partial charge is 0.246 e. The van der Waals surface area contributed by atoms with E-state index < -0.39 is 16.1 Å². The minimum Gasteiger partial charge on any atom is -0.341 e. The van der Waals surface area contributed by atoms with Crippen molar-refractivity contribution < 1.29 is 13.2 Å². The van der Waals surface area contributed by atoms with Gasteiger partial charge in [0.15, 0.2) is 0 Å². The Kier molecular flexibility index (Phi) is 5.91. The molecule has 5 nitrogen and oxygen atoms in total. The molecule has 0 N–H and O–H groups in total. The van der Waals surface area contributed by atoms with Crippen LogP contribution in [-0.4, -0.2) is 44.6 Å². The zero-order valence-electron chi connectivity index (χ0n) is 15.0. The average Bonchev–Trinajstić information content (AvgIpc) is 2.55. The number of anilines is 1. The summed E-state index contributed by atoms with van der Waals surface area (Å²) in [6.45, 7) is 3.61. The number of likely N-dealkylation sites (N-methyl/N-ethyl adjacent to an activating group) is 1. The van der Waals surface area contributed by atoms with E-state index >= 15 is 0 Å². The van der Waals surface area contributed by atoms with E-state index in [1.807, 2.05) is 19.1 Å². The summed E-state index contributed by atoms with van der Waals surface area (Å²) >= 11 is 0. The summed E-state index contributed by atoms with van der Waals surface area (Å²) < 4.78 is 25.9. The topological polar surface area (TPSA) is 57.7 Å². The van der Waals surface area contributed by atoms with Crippen LogP contribution < -0.4 is 4.31 Å². The first kappa shape index (κ1) is 18.8. The van der Waals surface area contributed by atoms with Crippen LogP contribution in [0.3, 0.4) is 0 Å². The summed E-state index contributed by atoms with van der Waals surface area (Å²) in [5.74, 6) is -0.145. The number of amides is 1. The standard InChI is InChI=1S/C18H28N2O3S/c1-14-10-12-17(13-11-14)20(24(4,22)23)15(2)18(21)19(3)16-8-6-5-7-9-16/h10-13,15-16H,5-9H2,1-4H3. The molecular formula is C18H28N2O3S. The predicted molar refractivity (Wildman–Crippen MR) is 97.6 cm³/mol. The van der Waals surface area contributed by atoms with E-state index in [-0.39, 0.29) is 11.9 Å². The van der Waals surface area contributed by atoms with E-state index in [1.54, 1.807) is 31.0 Å². The maximum Gasteiger partial charge on any atom is 0.246 e. The number of aryl methyl sites for hydroxylation is 1. The van der Waals surface area contributed by atoms with Crippen LogP contribution in [0.4, 0.5) is 5.69 Å². The molecule has 1 unspecified atom stereocenters. The molecule has 1 fully saturated rings. The maximum atomic E-state index is 12.9. The molecule has 24 heavy (non-hydrogen) atoms. The molecule has 2 rings (SSSR count). The van der Waals surface area contributed by atoms with Gasteiger partial charge in [-0.15, -0.1) is 0 Å². The molecule has 1 amide bonds. The van der Waals surface area contributed by atoms with Gasteiger partial charge in [-0.25, -0.2) is 8.42 Å². The fourth-order valence-electron chi connectivity index (χ4n) is 3.44.